The lowest BCUT2D eigenvalue weighted by Crippen LogP contribution is -2.59. The third-order valence-electron chi connectivity index (χ3n) is 4.72. The van der Waals surface area contributed by atoms with Gasteiger partial charge in [0.15, 0.2) is 0 Å². The lowest BCUT2D eigenvalue weighted by Gasteiger charge is -2.39. The van der Waals surface area contributed by atoms with Gasteiger partial charge in [-0.3, -0.25) is 19.8 Å². The number of halogens is 3. The van der Waals surface area contributed by atoms with Gasteiger partial charge in [-0.2, -0.15) is 13.2 Å². The van der Waals surface area contributed by atoms with Crippen molar-refractivity contribution in [1.29, 1.82) is 0 Å². The maximum absolute atomic E-state index is 12.2. The summed E-state index contributed by atoms with van der Waals surface area (Å²) in [7, 11) is 0. The van der Waals surface area contributed by atoms with Crippen molar-refractivity contribution in [1.82, 2.24) is 15.5 Å². The summed E-state index contributed by atoms with van der Waals surface area (Å²) < 4.78 is 36.9. The summed E-state index contributed by atoms with van der Waals surface area (Å²) in [5.74, 6) is -2.90. The number of nitro groups is 1. The minimum Gasteiger partial charge on any atom is -0.475 e. The second kappa shape index (κ2) is 10.7. The van der Waals surface area contributed by atoms with Crippen LogP contribution in [0.3, 0.4) is 0 Å². The Morgan fingerprint density at radius 3 is 2.31 bits per heavy atom. The van der Waals surface area contributed by atoms with Gasteiger partial charge < -0.3 is 20.5 Å². The number of hydrogen-bond donors (Lipinski definition) is 3. The van der Waals surface area contributed by atoms with Crippen molar-refractivity contribution in [2.24, 2.45) is 0 Å². The molecule has 2 heterocycles. The average Bonchev–Trinajstić information content (AvgIpc) is 3.18. The van der Waals surface area contributed by atoms with E-state index in [-0.39, 0.29) is 24.2 Å². The molecule has 2 amide bonds. The number of non-ortho nitro benzene ring substituents is 1. The van der Waals surface area contributed by atoms with Crippen LogP contribution in [-0.4, -0.2) is 70.8 Å². The van der Waals surface area contributed by atoms with E-state index in [4.69, 9.17) is 14.6 Å². The van der Waals surface area contributed by atoms with Crippen LogP contribution in [-0.2, 0) is 20.9 Å². The van der Waals surface area contributed by atoms with Crippen LogP contribution in [0.25, 0.3) is 0 Å². The molecule has 2 saturated heterocycles. The van der Waals surface area contributed by atoms with E-state index in [0.717, 1.165) is 19.5 Å². The maximum atomic E-state index is 12.2. The molecule has 0 radical (unpaired) electrons. The van der Waals surface area contributed by atoms with Crippen molar-refractivity contribution in [3.05, 3.63) is 39.9 Å². The zero-order valence-electron chi connectivity index (χ0n) is 16.6. The molecule has 2 atom stereocenters. The Morgan fingerprint density at radius 1 is 1.25 bits per heavy atom. The van der Waals surface area contributed by atoms with Crippen LogP contribution in [0.15, 0.2) is 24.3 Å². The van der Waals surface area contributed by atoms with Crippen LogP contribution >= 0.6 is 0 Å². The Morgan fingerprint density at radius 2 is 1.88 bits per heavy atom. The number of aliphatic carboxylic acids is 1. The number of alkyl halides is 3. The molecule has 0 unspecified atom stereocenters. The monoisotopic (exact) mass is 462 g/mol. The van der Waals surface area contributed by atoms with Gasteiger partial charge in [0.2, 0.25) is 5.91 Å². The summed E-state index contributed by atoms with van der Waals surface area (Å²) >= 11 is 0. The van der Waals surface area contributed by atoms with E-state index in [9.17, 15) is 32.9 Å². The second-order valence-electron chi connectivity index (χ2n) is 6.98. The van der Waals surface area contributed by atoms with E-state index in [0.29, 0.717) is 18.5 Å². The largest absolute Gasteiger partial charge is 0.490 e. The van der Waals surface area contributed by atoms with Gasteiger partial charge in [-0.1, -0.05) is 0 Å². The number of likely N-dealkylation sites (tertiary alicyclic amines) is 1. The van der Waals surface area contributed by atoms with Gasteiger partial charge in [0.25, 0.3) is 5.69 Å². The molecule has 3 N–H and O–H groups in total. The molecule has 32 heavy (non-hydrogen) atoms. The molecule has 2 fully saturated rings. The van der Waals surface area contributed by atoms with Gasteiger partial charge in [-0.05, 0) is 37.1 Å². The molecule has 0 bridgehead atoms. The van der Waals surface area contributed by atoms with Crippen molar-refractivity contribution >= 4 is 23.7 Å². The summed E-state index contributed by atoms with van der Waals surface area (Å²) in [6.07, 6.45) is -4.11. The van der Waals surface area contributed by atoms with Gasteiger partial charge in [0.05, 0.1) is 4.92 Å². The number of nitrogens with zero attached hydrogens (tertiary/aromatic N) is 2. The zero-order valence-corrected chi connectivity index (χ0v) is 16.6. The molecule has 2 aliphatic heterocycles. The summed E-state index contributed by atoms with van der Waals surface area (Å²) in [6, 6.07) is 5.44. The lowest BCUT2D eigenvalue weighted by molar-refractivity contribution is -0.384. The fourth-order valence-electron chi connectivity index (χ4n) is 2.90. The summed E-state index contributed by atoms with van der Waals surface area (Å²) in [5.41, 5.74) is 0.633. The van der Waals surface area contributed by atoms with Gasteiger partial charge in [-0.15, -0.1) is 0 Å². The predicted molar refractivity (Wildman–Crippen MR) is 102 cm³/mol. The summed E-state index contributed by atoms with van der Waals surface area (Å²) in [5, 5.41) is 23.8. The van der Waals surface area contributed by atoms with Crippen LogP contribution in [0.4, 0.5) is 23.7 Å². The van der Waals surface area contributed by atoms with E-state index in [1.54, 1.807) is 12.1 Å². The normalized spacial score (nSPS) is 19.8. The van der Waals surface area contributed by atoms with Crippen molar-refractivity contribution in [3.63, 3.8) is 0 Å². The number of carbonyl (C=O) groups is 3. The molecule has 2 aliphatic rings. The number of carboxylic acid groups (broad SMARTS) is 1. The predicted octanol–water partition coefficient (Wildman–Crippen LogP) is 1.42. The first-order valence-electron chi connectivity index (χ1n) is 9.47. The Labute approximate surface area is 179 Å². The molecule has 0 spiro atoms. The first-order valence-corrected chi connectivity index (χ1v) is 9.47. The molecule has 176 valence electrons. The van der Waals surface area contributed by atoms with Gasteiger partial charge in [0, 0.05) is 31.3 Å². The number of rotatable bonds is 5. The quantitative estimate of drug-likeness (QED) is 0.439. The molecule has 1 aromatic rings. The maximum Gasteiger partial charge on any atom is 0.490 e. The first kappa shape index (κ1) is 24.8. The Kier molecular flexibility index (Phi) is 8.34. The number of amides is 2. The number of carbonyl (C=O) groups excluding carboxylic acids is 2. The van der Waals surface area contributed by atoms with Crippen molar-refractivity contribution in [2.75, 3.05) is 19.6 Å². The molecule has 0 saturated carbocycles. The van der Waals surface area contributed by atoms with Crippen LogP contribution < -0.4 is 10.6 Å². The number of nitrogens with one attached hydrogen (secondary N) is 2. The molecule has 14 heteroatoms. The smallest absolute Gasteiger partial charge is 0.475 e. The first-order chi connectivity index (χ1) is 15.0. The minimum atomic E-state index is -5.08. The van der Waals surface area contributed by atoms with Crippen molar-refractivity contribution < 1.29 is 42.3 Å². The van der Waals surface area contributed by atoms with Crippen molar-refractivity contribution in [2.45, 2.75) is 37.7 Å². The Balaban J connectivity index is 0.000000451. The number of nitro benzene ring substituents is 1. The highest BCUT2D eigenvalue weighted by molar-refractivity contribution is 5.87. The summed E-state index contributed by atoms with van der Waals surface area (Å²) in [6.45, 7) is 2.13. The fourth-order valence-corrected chi connectivity index (χ4v) is 2.90. The summed E-state index contributed by atoms with van der Waals surface area (Å²) in [4.78, 5) is 44.8. The molecule has 0 aliphatic carbocycles. The van der Waals surface area contributed by atoms with Crippen molar-refractivity contribution in [3.8, 4) is 0 Å². The topological polar surface area (TPSA) is 151 Å². The van der Waals surface area contributed by atoms with Crippen LogP contribution in [0.2, 0.25) is 0 Å². The average molecular weight is 462 g/mol. The zero-order chi connectivity index (χ0) is 23.9. The van der Waals surface area contributed by atoms with E-state index in [1.807, 2.05) is 0 Å². The van der Waals surface area contributed by atoms with E-state index in [2.05, 4.69) is 10.6 Å². The highest BCUT2D eigenvalue weighted by atomic mass is 19.4. The molecule has 0 aromatic heterocycles. The van der Waals surface area contributed by atoms with Gasteiger partial charge >= 0.3 is 18.2 Å². The number of benzene rings is 1. The third kappa shape index (κ3) is 7.08. The molecule has 1 aromatic carbocycles. The molecule has 3 rings (SSSR count). The van der Waals surface area contributed by atoms with E-state index < -0.39 is 29.2 Å². The van der Waals surface area contributed by atoms with Crippen LogP contribution in [0, 0.1) is 10.1 Å². The lowest BCUT2D eigenvalue weighted by atomic mass is 10.0. The number of hydrogen-bond acceptors (Lipinski definition) is 7. The van der Waals surface area contributed by atoms with E-state index in [1.165, 1.54) is 17.0 Å². The SMILES string of the molecule is O=C(N[C@H]1CCNC1)[C@@H]1CCN1C(=O)OCc1ccc([N+](=O)[O-])cc1.O=C(O)C(F)(F)F. The highest BCUT2D eigenvalue weighted by Crippen LogP contribution is 2.20. The van der Waals surface area contributed by atoms with Gasteiger partial charge in [-0.25, -0.2) is 9.59 Å². The third-order valence-corrected chi connectivity index (χ3v) is 4.72. The fraction of sp³-hybridized carbons (Fsp3) is 0.500. The Hall–Kier alpha value is -3.42. The second-order valence-corrected chi connectivity index (χ2v) is 6.98. The molecular formula is C18H21F3N4O7. The van der Waals surface area contributed by atoms with Crippen LogP contribution in [0.5, 0.6) is 0 Å². The van der Waals surface area contributed by atoms with Gasteiger partial charge in [0.1, 0.15) is 12.6 Å². The Bertz CT molecular complexity index is 842. The van der Waals surface area contributed by atoms with E-state index >= 15 is 0 Å². The molecule has 11 nitrogen and oxygen atoms in total. The minimum absolute atomic E-state index is 0.00815. The highest BCUT2D eigenvalue weighted by Gasteiger charge is 2.39. The number of ether oxygens (including phenoxy) is 1. The molecular weight excluding hydrogens is 441 g/mol. The standard InChI is InChI=1S/C16H20N4O5.C2HF3O2/c21-15(18-12-5-7-17-9-12)14-6-8-19(14)16(22)25-10-11-1-3-13(4-2-11)20(23)24;3-2(4,5)1(6)7/h1-4,12,14,17H,5-10H2,(H,18,21);(H,6,7)/t12-,14-;/m0./s1. The number of carboxylic acids is 1. The van der Waals surface area contributed by atoms with Crippen LogP contribution in [0.1, 0.15) is 18.4 Å².